The monoisotopic (exact) mass is 332 g/mol. The van der Waals surface area contributed by atoms with Gasteiger partial charge in [-0.2, -0.15) is 0 Å². The molecule has 3 rings (SSSR count). The van der Waals surface area contributed by atoms with Gasteiger partial charge in [-0.15, -0.1) is 0 Å². The van der Waals surface area contributed by atoms with Crippen LogP contribution in [-0.4, -0.2) is 54.2 Å². The number of benzene rings is 1. The number of methoxy groups -OCH3 is 1. The predicted octanol–water partition coefficient (Wildman–Crippen LogP) is 0.895. The van der Waals surface area contributed by atoms with E-state index in [-0.39, 0.29) is 23.9 Å². The molecule has 0 unspecified atom stereocenters. The third-order valence-corrected chi connectivity index (χ3v) is 5.44. The van der Waals surface area contributed by atoms with Gasteiger partial charge in [-0.3, -0.25) is 9.59 Å². The Morgan fingerprint density at radius 1 is 1.33 bits per heavy atom. The molecule has 1 saturated heterocycles. The zero-order valence-electron chi connectivity index (χ0n) is 14.2. The number of para-hydroxylation sites is 1. The molecule has 1 saturated carbocycles. The second-order valence-electron chi connectivity index (χ2n) is 6.78. The summed E-state index contributed by atoms with van der Waals surface area (Å²) in [5, 5.41) is 13.0. The fourth-order valence-electron chi connectivity index (χ4n) is 3.72. The van der Waals surface area contributed by atoms with Gasteiger partial charge in [-0.05, 0) is 37.3 Å². The Hall–Kier alpha value is -2.08. The zero-order valence-corrected chi connectivity index (χ0v) is 14.2. The Morgan fingerprint density at radius 2 is 2.00 bits per heavy atom. The molecule has 2 aliphatic rings. The maximum atomic E-state index is 12.5. The van der Waals surface area contributed by atoms with Crippen molar-refractivity contribution in [2.45, 2.75) is 43.9 Å². The zero-order chi connectivity index (χ0) is 17.4. The maximum absolute atomic E-state index is 12.5. The van der Waals surface area contributed by atoms with Crippen molar-refractivity contribution in [2.24, 2.45) is 5.92 Å². The van der Waals surface area contributed by atoms with Gasteiger partial charge < -0.3 is 20.1 Å². The van der Waals surface area contributed by atoms with Crippen molar-refractivity contribution in [3.63, 3.8) is 0 Å². The van der Waals surface area contributed by atoms with E-state index in [2.05, 4.69) is 11.4 Å². The van der Waals surface area contributed by atoms with E-state index >= 15 is 0 Å². The van der Waals surface area contributed by atoms with Crippen molar-refractivity contribution in [2.75, 3.05) is 14.2 Å². The van der Waals surface area contributed by atoms with E-state index in [1.807, 2.05) is 18.2 Å². The molecule has 0 aromatic heterocycles. The molecule has 2 fully saturated rings. The Labute approximate surface area is 141 Å². The normalized spacial score (nSPS) is 32.4. The SMILES string of the molecule is COc1ccccc1C1CC(NC(=O)[C@@H]2[C@@H](C)N(C)C(=O)[C@@H]2O)C1. The molecule has 1 aromatic carbocycles. The number of carbonyl (C=O) groups is 2. The number of nitrogens with one attached hydrogen (secondary N) is 1. The first-order valence-corrected chi connectivity index (χ1v) is 8.32. The first-order chi connectivity index (χ1) is 11.4. The second kappa shape index (κ2) is 6.43. The summed E-state index contributed by atoms with van der Waals surface area (Å²) in [5.41, 5.74) is 1.16. The van der Waals surface area contributed by atoms with E-state index in [0.29, 0.717) is 5.92 Å². The minimum Gasteiger partial charge on any atom is -0.496 e. The van der Waals surface area contributed by atoms with Crippen molar-refractivity contribution in [3.05, 3.63) is 29.8 Å². The van der Waals surface area contributed by atoms with Crippen molar-refractivity contribution >= 4 is 11.8 Å². The molecule has 6 heteroatoms. The molecule has 1 aliphatic heterocycles. The Bertz CT molecular complexity index is 642. The highest BCUT2D eigenvalue weighted by atomic mass is 16.5. The molecule has 0 bridgehead atoms. The summed E-state index contributed by atoms with van der Waals surface area (Å²) < 4.78 is 5.39. The summed E-state index contributed by atoms with van der Waals surface area (Å²) in [6.07, 6.45) is 0.440. The number of nitrogens with zero attached hydrogens (tertiary/aromatic N) is 1. The first-order valence-electron chi connectivity index (χ1n) is 8.32. The highest BCUT2D eigenvalue weighted by molar-refractivity contribution is 5.93. The van der Waals surface area contributed by atoms with Gasteiger partial charge in [0.25, 0.3) is 5.91 Å². The van der Waals surface area contributed by atoms with Crippen LogP contribution in [0.1, 0.15) is 31.2 Å². The Balaban J connectivity index is 1.58. The summed E-state index contributed by atoms with van der Waals surface area (Å²) in [7, 11) is 3.28. The number of likely N-dealkylation sites (N-methyl/N-ethyl adjacent to an activating group) is 1. The smallest absolute Gasteiger partial charge is 0.252 e. The van der Waals surface area contributed by atoms with E-state index < -0.39 is 12.0 Å². The lowest BCUT2D eigenvalue weighted by molar-refractivity contribution is -0.137. The molecule has 2 amide bonds. The molecule has 0 spiro atoms. The van der Waals surface area contributed by atoms with Crippen molar-refractivity contribution in [1.29, 1.82) is 0 Å². The number of hydrogen-bond donors (Lipinski definition) is 2. The number of rotatable bonds is 4. The van der Waals surface area contributed by atoms with E-state index in [1.54, 1.807) is 21.1 Å². The number of hydrogen-bond acceptors (Lipinski definition) is 4. The summed E-state index contributed by atoms with van der Waals surface area (Å²) in [6.45, 7) is 1.79. The third-order valence-electron chi connectivity index (χ3n) is 5.44. The van der Waals surface area contributed by atoms with Crippen LogP contribution in [0.4, 0.5) is 0 Å². The minimum atomic E-state index is -1.24. The number of aliphatic hydroxyl groups is 1. The van der Waals surface area contributed by atoms with Gasteiger partial charge in [0.1, 0.15) is 11.9 Å². The summed E-state index contributed by atoms with van der Waals surface area (Å²) >= 11 is 0. The number of amides is 2. The van der Waals surface area contributed by atoms with Gasteiger partial charge in [0.15, 0.2) is 0 Å². The molecule has 1 heterocycles. The van der Waals surface area contributed by atoms with E-state index in [4.69, 9.17) is 4.74 Å². The van der Waals surface area contributed by atoms with Gasteiger partial charge >= 0.3 is 0 Å². The third kappa shape index (κ3) is 2.75. The lowest BCUT2D eigenvalue weighted by Crippen LogP contribution is -2.49. The van der Waals surface area contributed by atoms with Crippen LogP contribution in [-0.2, 0) is 9.59 Å². The Morgan fingerprint density at radius 3 is 2.58 bits per heavy atom. The van der Waals surface area contributed by atoms with Crippen LogP contribution in [0, 0.1) is 5.92 Å². The van der Waals surface area contributed by atoms with Gasteiger partial charge in [0, 0.05) is 19.1 Å². The summed E-state index contributed by atoms with van der Waals surface area (Å²) in [5.74, 6) is -0.0897. The van der Waals surface area contributed by atoms with Crippen LogP contribution in [0.5, 0.6) is 5.75 Å². The van der Waals surface area contributed by atoms with Crippen molar-refractivity contribution < 1.29 is 19.4 Å². The van der Waals surface area contributed by atoms with Crippen LogP contribution in [0.3, 0.4) is 0 Å². The Kier molecular flexibility index (Phi) is 4.49. The van der Waals surface area contributed by atoms with Gasteiger partial charge in [-0.25, -0.2) is 0 Å². The van der Waals surface area contributed by atoms with Crippen LogP contribution < -0.4 is 10.1 Å². The highest BCUT2D eigenvalue weighted by Gasteiger charge is 2.48. The van der Waals surface area contributed by atoms with Crippen LogP contribution in [0.25, 0.3) is 0 Å². The number of ether oxygens (including phenoxy) is 1. The molecule has 2 N–H and O–H groups in total. The number of likely N-dealkylation sites (tertiary alicyclic amines) is 1. The van der Waals surface area contributed by atoms with Crippen molar-refractivity contribution in [1.82, 2.24) is 10.2 Å². The molecule has 24 heavy (non-hydrogen) atoms. The second-order valence-corrected chi connectivity index (χ2v) is 6.78. The number of aliphatic hydroxyl groups excluding tert-OH is 1. The van der Waals surface area contributed by atoms with E-state index in [0.717, 1.165) is 24.2 Å². The van der Waals surface area contributed by atoms with Crippen LogP contribution in [0.15, 0.2) is 24.3 Å². The molecule has 3 atom stereocenters. The standard InChI is InChI=1S/C18H24N2O4/c1-10-15(16(21)18(23)20(10)2)17(22)19-12-8-11(9-12)13-6-4-5-7-14(13)24-3/h4-7,10-12,15-16,21H,8-9H2,1-3H3,(H,19,22)/t10-,11?,12?,15-,16-/m1/s1. The minimum absolute atomic E-state index is 0.0767. The molecule has 1 aliphatic carbocycles. The molecule has 1 aromatic rings. The van der Waals surface area contributed by atoms with Crippen molar-refractivity contribution in [3.8, 4) is 5.75 Å². The van der Waals surface area contributed by atoms with Gasteiger partial charge in [0.05, 0.1) is 13.0 Å². The van der Waals surface area contributed by atoms with E-state index in [9.17, 15) is 14.7 Å². The van der Waals surface area contributed by atoms with Gasteiger partial charge in [0.2, 0.25) is 5.91 Å². The molecular weight excluding hydrogens is 308 g/mol. The fourth-order valence-corrected chi connectivity index (χ4v) is 3.72. The number of carbonyl (C=O) groups excluding carboxylic acids is 2. The molecule has 0 radical (unpaired) electrons. The predicted molar refractivity (Wildman–Crippen MR) is 88.6 cm³/mol. The van der Waals surface area contributed by atoms with Gasteiger partial charge in [-0.1, -0.05) is 18.2 Å². The first kappa shape index (κ1) is 16.8. The molecule has 6 nitrogen and oxygen atoms in total. The summed E-state index contributed by atoms with van der Waals surface area (Å²) in [6, 6.07) is 7.71. The summed E-state index contributed by atoms with van der Waals surface area (Å²) in [4.78, 5) is 25.7. The average Bonchev–Trinajstić information content (AvgIpc) is 2.74. The quantitative estimate of drug-likeness (QED) is 0.858. The largest absolute Gasteiger partial charge is 0.496 e. The van der Waals surface area contributed by atoms with Crippen LogP contribution in [0.2, 0.25) is 0 Å². The topological polar surface area (TPSA) is 78.9 Å². The fraction of sp³-hybridized carbons (Fsp3) is 0.556. The molecular formula is C18H24N2O4. The lowest BCUT2D eigenvalue weighted by Gasteiger charge is -2.37. The highest BCUT2D eigenvalue weighted by Crippen LogP contribution is 2.41. The molecule has 130 valence electrons. The average molecular weight is 332 g/mol. The van der Waals surface area contributed by atoms with E-state index in [1.165, 1.54) is 4.90 Å². The lowest BCUT2D eigenvalue weighted by atomic mass is 9.75. The van der Waals surface area contributed by atoms with Crippen LogP contribution >= 0.6 is 0 Å². The maximum Gasteiger partial charge on any atom is 0.252 e.